The first-order valence-corrected chi connectivity index (χ1v) is 5.22. The molecule has 0 saturated heterocycles. The molecule has 0 amide bonds. The van der Waals surface area contributed by atoms with Crippen molar-refractivity contribution < 1.29 is 14.4 Å². The molecular weight excluding hydrogens is 222 g/mol. The standard InChI is InChI=1S/C12H17NO4/c1-12(2,3)8-6-7-9(16-4)11(17-5)10(8)13(14)15/h6-7H,1-5H3. The van der Waals surface area contributed by atoms with E-state index in [1.54, 1.807) is 12.1 Å². The molecule has 0 aromatic heterocycles. The minimum Gasteiger partial charge on any atom is -0.493 e. The van der Waals surface area contributed by atoms with Gasteiger partial charge in [0.05, 0.1) is 19.1 Å². The fourth-order valence-corrected chi connectivity index (χ4v) is 1.70. The Labute approximate surface area is 101 Å². The zero-order chi connectivity index (χ0) is 13.2. The molecule has 5 heteroatoms. The van der Waals surface area contributed by atoms with Crippen LogP contribution in [0, 0.1) is 10.1 Å². The van der Waals surface area contributed by atoms with Crippen LogP contribution in [0.25, 0.3) is 0 Å². The molecule has 94 valence electrons. The average Bonchev–Trinajstić information content (AvgIpc) is 2.25. The van der Waals surface area contributed by atoms with E-state index in [0.29, 0.717) is 11.3 Å². The first-order chi connectivity index (χ1) is 7.82. The zero-order valence-electron chi connectivity index (χ0n) is 10.7. The zero-order valence-corrected chi connectivity index (χ0v) is 10.7. The van der Waals surface area contributed by atoms with E-state index >= 15 is 0 Å². The number of benzene rings is 1. The molecule has 1 rings (SSSR count). The molecule has 0 spiro atoms. The molecular formula is C12H17NO4. The van der Waals surface area contributed by atoms with Crippen LogP contribution in [0.2, 0.25) is 0 Å². The van der Waals surface area contributed by atoms with Crippen LogP contribution >= 0.6 is 0 Å². The van der Waals surface area contributed by atoms with Gasteiger partial charge in [0, 0.05) is 5.56 Å². The van der Waals surface area contributed by atoms with Gasteiger partial charge in [0.25, 0.3) is 0 Å². The van der Waals surface area contributed by atoms with Crippen LogP contribution in [0.1, 0.15) is 26.3 Å². The van der Waals surface area contributed by atoms with Crippen LogP contribution in [-0.2, 0) is 5.41 Å². The second-order valence-electron chi connectivity index (χ2n) is 4.70. The number of rotatable bonds is 3. The summed E-state index contributed by atoms with van der Waals surface area (Å²) < 4.78 is 10.2. The van der Waals surface area contributed by atoms with E-state index in [0.717, 1.165) is 0 Å². The molecule has 0 aliphatic heterocycles. The Morgan fingerprint density at radius 3 is 2.12 bits per heavy atom. The number of hydrogen-bond acceptors (Lipinski definition) is 4. The van der Waals surface area contributed by atoms with Gasteiger partial charge in [-0.15, -0.1) is 0 Å². The smallest absolute Gasteiger partial charge is 0.318 e. The Bertz CT molecular complexity index is 435. The fraction of sp³-hybridized carbons (Fsp3) is 0.500. The molecule has 17 heavy (non-hydrogen) atoms. The van der Waals surface area contributed by atoms with E-state index in [9.17, 15) is 10.1 Å². The Morgan fingerprint density at radius 2 is 1.76 bits per heavy atom. The summed E-state index contributed by atoms with van der Waals surface area (Å²) in [5.41, 5.74) is 0.265. The van der Waals surface area contributed by atoms with Gasteiger partial charge in [-0.2, -0.15) is 0 Å². The van der Waals surface area contributed by atoms with Gasteiger partial charge in [-0.3, -0.25) is 10.1 Å². The molecule has 0 aliphatic carbocycles. The molecule has 0 radical (unpaired) electrons. The van der Waals surface area contributed by atoms with Gasteiger partial charge >= 0.3 is 5.69 Å². The molecule has 0 bridgehead atoms. The third kappa shape index (κ3) is 2.49. The van der Waals surface area contributed by atoms with Crippen molar-refractivity contribution in [3.8, 4) is 11.5 Å². The number of ether oxygens (including phenoxy) is 2. The summed E-state index contributed by atoms with van der Waals surface area (Å²) in [5.74, 6) is 0.539. The van der Waals surface area contributed by atoms with Gasteiger partial charge in [0.15, 0.2) is 5.75 Å². The second kappa shape index (κ2) is 4.61. The van der Waals surface area contributed by atoms with Crippen LogP contribution in [0.5, 0.6) is 11.5 Å². The predicted octanol–water partition coefficient (Wildman–Crippen LogP) is 2.91. The van der Waals surface area contributed by atoms with Gasteiger partial charge in [0.2, 0.25) is 5.75 Å². The minimum atomic E-state index is -0.429. The molecule has 0 atom stereocenters. The highest BCUT2D eigenvalue weighted by Gasteiger charge is 2.31. The number of nitro groups is 1. The van der Waals surface area contributed by atoms with Gasteiger partial charge in [-0.05, 0) is 17.5 Å². The summed E-state index contributed by atoms with van der Waals surface area (Å²) in [6, 6.07) is 3.39. The normalized spacial score (nSPS) is 11.1. The summed E-state index contributed by atoms with van der Waals surface area (Å²) in [5, 5.41) is 11.2. The Morgan fingerprint density at radius 1 is 1.18 bits per heavy atom. The molecule has 0 aliphatic rings. The van der Waals surface area contributed by atoms with E-state index in [-0.39, 0.29) is 16.9 Å². The molecule has 0 unspecified atom stereocenters. The summed E-state index contributed by atoms with van der Waals surface area (Å²) in [6.07, 6.45) is 0. The maximum Gasteiger partial charge on any atom is 0.318 e. The molecule has 5 nitrogen and oxygen atoms in total. The van der Waals surface area contributed by atoms with Crippen molar-refractivity contribution in [1.82, 2.24) is 0 Å². The van der Waals surface area contributed by atoms with Crippen LogP contribution in [0.3, 0.4) is 0 Å². The summed E-state index contributed by atoms with van der Waals surface area (Å²) >= 11 is 0. The SMILES string of the molecule is COc1ccc(C(C)(C)C)c([N+](=O)[O-])c1OC. The van der Waals surface area contributed by atoms with Gasteiger partial charge in [-0.25, -0.2) is 0 Å². The molecule has 0 heterocycles. The van der Waals surface area contributed by atoms with E-state index in [1.165, 1.54) is 14.2 Å². The van der Waals surface area contributed by atoms with Crippen LogP contribution < -0.4 is 9.47 Å². The lowest BCUT2D eigenvalue weighted by Crippen LogP contribution is -2.14. The Balaban J connectivity index is 3.59. The van der Waals surface area contributed by atoms with Gasteiger partial charge in [0.1, 0.15) is 0 Å². The number of nitro benzene ring substituents is 1. The Hall–Kier alpha value is -1.78. The summed E-state index contributed by atoms with van der Waals surface area (Å²) in [4.78, 5) is 10.8. The van der Waals surface area contributed by atoms with E-state index in [4.69, 9.17) is 9.47 Å². The lowest BCUT2D eigenvalue weighted by molar-refractivity contribution is -0.386. The van der Waals surface area contributed by atoms with Crippen LogP contribution in [0.4, 0.5) is 5.69 Å². The maximum atomic E-state index is 11.2. The van der Waals surface area contributed by atoms with Gasteiger partial charge < -0.3 is 9.47 Å². The van der Waals surface area contributed by atoms with Crippen molar-refractivity contribution >= 4 is 5.69 Å². The van der Waals surface area contributed by atoms with Crippen molar-refractivity contribution in [3.63, 3.8) is 0 Å². The van der Waals surface area contributed by atoms with E-state index < -0.39 is 4.92 Å². The topological polar surface area (TPSA) is 61.6 Å². The number of nitrogens with zero attached hydrogens (tertiary/aromatic N) is 1. The quantitative estimate of drug-likeness (QED) is 0.601. The molecule has 0 N–H and O–H groups in total. The third-order valence-electron chi connectivity index (χ3n) is 2.51. The number of hydrogen-bond donors (Lipinski definition) is 0. The molecule has 0 saturated carbocycles. The molecule has 1 aromatic carbocycles. The highest BCUT2D eigenvalue weighted by atomic mass is 16.6. The largest absolute Gasteiger partial charge is 0.493 e. The highest BCUT2D eigenvalue weighted by Crippen LogP contribution is 2.43. The minimum absolute atomic E-state index is 0.0284. The third-order valence-corrected chi connectivity index (χ3v) is 2.51. The summed E-state index contributed by atoms with van der Waals surface area (Å²) in [7, 11) is 2.86. The van der Waals surface area contributed by atoms with Crippen molar-refractivity contribution in [2.75, 3.05) is 14.2 Å². The van der Waals surface area contributed by atoms with E-state index in [2.05, 4.69) is 0 Å². The monoisotopic (exact) mass is 239 g/mol. The van der Waals surface area contributed by atoms with Crippen LogP contribution in [-0.4, -0.2) is 19.1 Å². The van der Waals surface area contributed by atoms with Crippen molar-refractivity contribution in [2.45, 2.75) is 26.2 Å². The van der Waals surface area contributed by atoms with Crippen LogP contribution in [0.15, 0.2) is 12.1 Å². The lowest BCUT2D eigenvalue weighted by Gasteiger charge is -2.20. The highest BCUT2D eigenvalue weighted by molar-refractivity contribution is 5.62. The average molecular weight is 239 g/mol. The predicted molar refractivity (Wildman–Crippen MR) is 64.9 cm³/mol. The first-order valence-electron chi connectivity index (χ1n) is 5.22. The molecule has 1 aromatic rings. The number of methoxy groups -OCH3 is 2. The summed E-state index contributed by atoms with van der Waals surface area (Å²) in [6.45, 7) is 5.75. The van der Waals surface area contributed by atoms with Crippen molar-refractivity contribution in [3.05, 3.63) is 27.8 Å². The second-order valence-corrected chi connectivity index (χ2v) is 4.70. The lowest BCUT2D eigenvalue weighted by atomic mass is 9.85. The van der Waals surface area contributed by atoms with Crippen molar-refractivity contribution in [1.29, 1.82) is 0 Å². The first kappa shape index (κ1) is 13.3. The van der Waals surface area contributed by atoms with E-state index in [1.807, 2.05) is 20.8 Å². The fourth-order valence-electron chi connectivity index (χ4n) is 1.70. The Kier molecular flexibility index (Phi) is 3.60. The van der Waals surface area contributed by atoms with Crippen molar-refractivity contribution in [2.24, 2.45) is 0 Å². The van der Waals surface area contributed by atoms with Gasteiger partial charge in [-0.1, -0.05) is 20.8 Å². The maximum absolute atomic E-state index is 11.2. The molecule has 0 fully saturated rings.